The zero-order valence-electron chi connectivity index (χ0n) is 6.36. The van der Waals surface area contributed by atoms with Gasteiger partial charge < -0.3 is 15.3 Å². The van der Waals surface area contributed by atoms with Crippen LogP contribution in [-0.4, -0.2) is 13.0 Å². The van der Waals surface area contributed by atoms with Gasteiger partial charge >= 0.3 is 0 Å². The van der Waals surface area contributed by atoms with Crippen molar-refractivity contribution in [1.82, 2.24) is 0 Å². The number of rotatable bonds is 1. The van der Waals surface area contributed by atoms with E-state index in [4.69, 9.17) is 15.3 Å². The molecule has 0 saturated carbocycles. The maximum atomic E-state index is 5.16. The maximum Gasteiger partial charge on any atom is 0.231 e. The van der Waals surface area contributed by atoms with Crippen molar-refractivity contribution in [2.24, 2.45) is 10.9 Å². The molecule has 0 saturated heterocycles. The molecule has 0 aliphatic carbocycles. The Morgan fingerprint density at radius 3 is 3.00 bits per heavy atom. The zero-order chi connectivity index (χ0) is 8.39. The number of ether oxygens (including phenoxy) is 2. The molecule has 0 fully saturated rings. The van der Waals surface area contributed by atoms with Gasteiger partial charge in [-0.3, -0.25) is 0 Å². The van der Waals surface area contributed by atoms with Crippen LogP contribution in [0.5, 0.6) is 11.5 Å². The quantitative estimate of drug-likeness (QED) is 0.377. The first-order valence-electron chi connectivity index (χ1n) is 3.53. The Balaban J connectivity index is 2.38. The molecule has 62 valence electrons. The van der Waals surface area contributed by atoms with Crippen LogP contribution in [0, 0.1) is 0 Å². The summed E-state index contributed by atoms with van der Waals surface area (Å²) >= 11 is 0. The third kappa shape index (κ3) is 1.07. The Kier molecular flexibility index (Phi) is 1.59. The number of hydrazone groups is 1. The maximum absolute atomic E-state index is 5.16. The molecule has 1 aliphatic heterocycles. The highest BCUT2D eigenvalue weighted by molar-refractivity contribution is 5.80. The van der Waals surface area contributed by atoms with Crippen LogP contribution in [0.15, 0.2) is 23.3 Å². The number of fused-ring (bicyclic) bond motifs is 1. The number of hydrogen-bond donors (Lipinski definition) is 1. The van der Waals surface area contributed by atoms with E-state index in [0.29, 0.717) is 6.79 Å². The van der Waals surface area contributed by atoms with E-state index in [2.05, 4.69) is 5.10 Å². The fraction of sp³-hybridized carbons (Fsp3) is 0.125. The van der Waals surface area contributed by atoms with Gasteiger partial charge in [0.2, 0.25) is 6.79 Å². The standard InChI is InChI=1S/C8H8N2O2/c9-10-4-6-1-2-7-8(3-6)12-5-11-7/h1-4H,5,9H2/b10-4-. The van der Waals surface area contributed by atoms with Crippen LogP contribution in [0.2, 0.25) is 0 Å². The fourth-order valence-corrected chi connectivity index (χ4v) is 1.08. The second-order valence-corrected chi connectivity index (χ2v) is 2.39. The number of benzene rings is 1. The monoisotopic (exact) mass is 164 g/mol. The Bertz CT molecular complexity index is 323. The molecule has 0 amide bonds. The van der Waals surface area contributed by atoms with E-state index < -0.39 is 0 Å². The lowest BCUT2D eigenvalue weighted by atomic mass is 10.2. The van der Waals surface area contributed by atoms with E-state index in [1.165, 1.54) is 0 Å². The minimum absolute atomic E-state index is 0.290. The third-order valence-electron chi connectivity index (χ3n) is 1.62. The molecular formula is C8H8N2O2. The Hall–Kier alpha value is -1.71. The Labute approximate surface area is 69.6 Å². The van der Waals surface area contributed by atoms with Gasteiger partial charge in [-0.2, -0.15) is 5.10 Å². The minimum atomic E-state index is 0.290. The molecule has 2 rings (SSSR count). The third-order valence-corrected chi connectivity index (χ3v) is 1.62. The van der Waals surface area contributed by atoms with Gasteiger partial charge in [-0.1, -0.05) is 0 Å². The molecule has 4 heteroatoms. The van der Waals surface area contributed by atoms with Gasteiger partial charge in [0, 0.05) is 0 Å². The van der Waals surface area contributed by atoms with Gasteiger partial charge in [-0.15, -0.1) is 0 Å². The van der Waals surface area contributed by atoms with Crippen LogP contribution in [-0.2, 0) is 0 Å². The topological polar surface area (TPSA) is 56.8 Å². The normalized spacial score (nSPS) is 14.0. The summed E-state index contributed by atoms with van der Waals surface area (Å²) in [5.74, 6) is 6.51. The van der Waals surface area contributed by atoms with E-state index in [9.17, 15) is 0 Å². The molecule has 1 heterocycles. The highest BCUT2D eigenvalue weighted by Crippen LogP contribution is 2.31. The predicted molar refractivity (Wildman–Crippen MR) is 44.3 cm³/mol. The first kappa shape index (κ1) is 6.97. The van der Waals surface area contributed by atoms with Crippen LogP contribution in [0.1, 0.15) is 5.56 Å². The summed E-state index contributed by atoms with van der Waals surface area (Å²) in [5, 5.41) is 3.41. The molecule has 2 N–H and O–H groups in total. The average molecular weight is 164 g/mol. The summed E-state index contributed by atoms with van der Waals surface area (Å²) in [6.07, 6.45) is 1.56. The molecule has 0 spiro atoms. The van der Waals surface area contributed by atoms with Crippen LogP contribution in [0.25, 0.3) is 0 Å². The summed E-state index contributed by atoms with van der Waals surface area (Å²) in [4.78, 5) is 0. The van der Waals surface area contributed by atoms with Gasteiger partial charge in [-0.05, 0) is 23.8 Å². The molecule has 4 nitrogen and oxygen atoms in total. The fourth-order valence-electron chi connectivity index (χ4n) is 1.08. The van der Waals surface area contributed by atoms with Gasteiger partial charge in [0.05, 0.1) is 6.21 Å². The van der Waals surface area contributed by atoms with Crippen LogP contribution < -0.4 is 15.3 Å². The lowest BCUT2D eigenvalue weighted by molar-refractivity contribution is 0.174. The molecule has 12 heavy (non-hydrogen) atoms. The molecular weight excluding hydrogens is 156 g/mol. The second kappa shape index (κ2) is 2.73. The molecule has 0 aromatic heterocycles. The summed E-state index contributed by atoms with van der Waals surface area (Å²) < 4.78 is 10.3. The van der Waals surface area contributed by atoms with Crippen molar-refractivity contribution in [3.8, 4) is 11.5 Å². The van der Waals surface area contributed by atoms with Gasteiger partial charge in [0.25, 0.3) is 0 Å². The van der Waals surface area contributed by atoms with E-state index >= 15 is 0 Å². The van der Waals surface area contributed by atoms with Gasteiger partial charge in [0.15, 0.2) is 11.5 Å². The SMILES string of the molecule is N/N=C\c1ccc2c(c1)OCO2. The van der Waals surface area contributed by atoms with E-state index in [-0.39, 0.29) is 0 Å². The van der Waals surface area contributed by atoms with Crippen molar-refractivity contribution in [2.75, 3.05) is 6.79 Å². The van der Waals surface area contributed by atoms with Crippen molar-refractivity contribution in [2.45, 2.75) is 0 Å². The predicted octanol–water partition coefficient (Wildman–Crippen LogP) is 0.708. The van der Waals surface area contributed by atoms with E-state index in [1.54, 1.807) is 6.21 Å². The Morgan fingerprint density at radius 1 is 1.33 bits per heavy atom. The van der Waals surface area contributed by atoms with Crippen molar-refractivity contribution >= 4 is 6.21 Å². The van der Waals surface area contributed by atoms with Crippen molar-refractivity contribution in [3.63, 3.8) is 0 Å². The molecule has 1 aliphatic rings. The van der Waals surface area contributed by atoms with Gasteiger partial charge in [-0.25, -0.2) is 0 Å². The highest BCUT2D eigenvalue weighted by Gasteiger charge is 2.11. The number of nitrogens with zero attached hydrogens (tertiary/aromatic N) is 1. The first-order valence-corrected chi connectivity index (χ1v) is 3.53. The van der Waals surface area contributed by atoms with Crippen molar-refractivity contribution in [1.29, 1.82) is 0 Å². The lowest BCUT2D eigenvalue weighted by Gasteiger charge is -1.95. The summed E-state index contributed by atoms with van der Waals surface area (Å²) in [7, 11) is 0. The largest absolute Gasteiger partial charge is 0.454 e. The summed E-state index contributed by atoms with van der Waals surface area (Å²) in [6, 6.07) is 5.53. The van der Waals surface area contributed by atoms with Crippen molar-refractivity contribution < 1.29 is 9.47 Å². The van der Waals surface area contributed by atoms with E-state index in [0.717, 1.165) is 17.1 Å². The first-order chi connectivity index (χ1) is 5.90. The highest BCUT2D eigenvalue weighted by atomic mass is 16.7. The van der Waals surface area contributed by atoms with E-state index in [1.807, 2.05) is 18.2 Å². The number of hydrogen-bond acceptors (Lipinski definition) is 4. The zero-order valence-corrected chi connectivity index (χ0v) is 6.36. The van der Waals surface area contributed by atoms with Crippen LogP contribution in [0.3, 0.4) is 0 Å². The van der Waals surface area contributed by atoms with Crippen LogP contribution in [0.4, 0.5) is 0 Å². The molecule has 1 aromatic rings. The smallest absolute Gasteiger partial charge is 0.231 e. The molecule has 1 aromatic carbocycles. The lowest BCUT2D eigenvalue weighted by Crippen LogP contribution is -1.92. The summed E-state index contributed by atoms with van der Waals surface area (Å²) in [6.45, 7) is 0.290. The van der Waals surface area contributed by atoms with Crippen LogP contribution >= 0.6 is 0 Å². The molecule has 0 atom stereocenters. The minimum Gasteiger partial charge on any atom is -0.454 e. The number of nitrogens with two attached hydrogens (primary N) is 1. The average Bonchev–Trinajstić information content (AvgIpc) is 2.51. The Morgan fingerprint density at radius 2 is 2.17 bits per heavy atom. The molecule has 0 bridgehead atoms. The van der Waals surface area contributed by atoms with Crippen molar-refractivity contribution in [3.05, 3.63) is 23.8 Å². The second-order valence-electron chi connectivity index (χ2n) is 2.39. The molecule has 0 unspecified atom stereocenters. The van der Waals surface area contributed by atoms with Gasteiger partial charge in [0.1, 0.15) is 0 Å². The summed E-state index contributed by atoms with van der Waals surface area (Å²) in [5.41, 5.74) is 0.904. The molecule has 0 radical (unpaired) electrons.